The quantitative estimate of drug-likeness (QED) is 0.868. The number of carbonyl (C=O) groups excluding carboxylic acids is 1. The van der Waals surface area contributed by atoms with Gasteiger partial charge in [-0.25, -0.2) is 4.79 Å². The van der Waals surface area contributed by atoms with Crippen molar-refractivity contribution in [3.63, 3.8) is 0 Å². The SMILES string of the molecule is Cc1ccccc1C1CC1C(=O)NC(C(=O)O)c1ccc2c(c1)CCO2. The highest BCUT2D eigenvalue weighted by Crippen LogP contribution is 2.48. The third kappa shape index (κ3) is 3.05. The molecule has 2 N–H and O–H groups in total. The molecule has 1 heterocycles. The fourth-order valence-corrected chi connectivity index (χ4v) is 3.75. The fraction of sp³-hybridized carbons (Fsp3) is 0.333. The molecule has 0 saturated heterocycles. The maximum absolute atomic E-state index is 12.6. The Hall–Kier alpha value is -2.82. The average molecular weight is 351 g/mol. The van der Waals surface area contributed by atoms with Crippen LogP contribution in [0.3, 0.4) is 0 Å². The van der Waals surface area contributed by atoms with E-state index in [9.17, 15) is 14.7 Å². The van der Waals surface area contributed by atoms with Crippen LogP contribution in [0.1, 0.15) is 40.6 Å². The van der Waals surface area contributed by atoms with E-state index in [1.165, 1.54) is 11.1 Å². The van der Waals surface area contributed by atoms with Gasteiger partial charge in [0.1, 0.15) is 5.75 Å². The lowest BCUT2D eigenvalue weighted by Gasteiger charge is -2.16. The Balaban J connectivity index is 1.49. The minimum atomic E-state index is -1.05. The van der Waals surface area contributed by atoms with Crippen LogP contribution in [0.5, 0.6) is 5.75 Å². The van der Waals surface area contributed by atoms with Gasteiger partial charge in [0, 0.05) is 12.3 Å². The standard InChI is InChI=1S/C21H21NO4/c1-12-4-2-3-5-15(12)16-11-17(16)20(23)22-19(21(24)25)14-6-7-18-13(10-14)8-9-26-18/h2-7,10,16-17,19H,8-9,11H2,1H3,(H,22,23)(H,24,25). The number of carboxylic acids is 1. The summed E-state index contributed by atoms with van der Waals surface area (Å²) < 4.78 is 5.46. The molecule has 1 aliphatic heterocycles. The zero-order valence-electron chi connectivity index (χ0n) is 14.6. The Morgan fingerprint density at radius 1 is 1.23 bits per heavy atom. The maximum atomic E-state index is 12.6. The number of hydrogen-bond acceptors (Lipinski definition) is 3. The van der Waals surface area contributed by atoms with Crippen LogP contribution in [0.2, 0.25) is 0 Å². The van der Waals surface area contributed by atoms with Crippen molar-refractivity contribution in [2.45, 2.75) is 31.7 Å². The van der Waals surface area contributed by atoms with Crippen LogP contribution in [-0.2, 0) is 16.0 Å². The number of benzene rings is 2. The third-order valence-electron chi connectivity index (χ3n) is 5.30. The van der Waals surface area contributed by atoms with Crippen molar-refractivity contribution in [2.24, 2.45) is 5.92 Å². The first kappa shape index (κ1) is 16.6. The van der Waals surface area contributed by atoms with Gasteiger partial charge in [-0.2, -0.15) is 0 Å². The summed E-state index contributed by atoms with van der Waals surface area (Å²) in [5.74, 6) is -0.423. The van der Waals surface area contributed by atoms with E-state index in [0.29, 0.717) is 12.2 Å². The molecule has 0 aromatic heterocycles. The average Bonchev–Trinajstić information content (AvgIpc) is 3.28. The lowest BCUT2D eigenvalue weighted by Crippen LogP contribution is -2.35. The molecule has 0 spiro atoms. The molecular weight excluding hydrogens is 330 g/mol. The Bertz CT molecular complexity index is 876. The monoisotopic (exact) mass is 351 g/mol. The minimum Gasteiger partial charge on any atom is -0.493 e. The molecule has 2 aromatic carbocycles. The van der Waals surface area contributed by atoms with Crippen molar-refractivity contribution in [3.8, 4) is 5.75 Å². The summed E-state index contributed by atoms with van der Waals surface area (Å²) in [5.41, 5.74) is 3.92. The van der Waals surface area contributed by atoms with Crippen LogP contribution in [0, 0.1) is 12.8 Å². The van der Waals surface area contributed by atoms with Crippen LogP contribution in [0.4, 0.5) is 0 Å². The molecule has 3 unspecified atom stereocenters. The number of carboxylic acid groups (broad SMARTS) is 1. The van der Waals surface area contributed by atoms with Crippen LogP contribution >= 0.6 is 0 Å². The second-order valence-electron chi connectivity index (χ2n) is 7.05. The molecule has 5 nitrogen and oxygen atoms in total. The van der Waals surface area contributed by atoms with Gasteiger partial charge in [-0.05, 0) is 53.6 Å². The van der Waals surface area contributed by atoms with Gasteiger partial charge in [-0.15, -0.1) is 0 Å². The van der Waals surface area contributed by atoms with Gasteiger partial charge >= 0.3 is 5.97 Å². The lowest BCUT2D eigenvalue weighted by atomic mass is 10.0. The number of carbonyl (C=O) groups is 2. The molecule has 0 bridgehead atoms. The topological polar surface area (TPSA) is 75.6 Å². The van der Waals surface area contributed by atoms with E-state index in [1.807, 2.05) is 37.3 Å². The highest BCUT2D eigenvalue weighted by molar-refractivity contribution is 5.88. The number of aryl methyl sites for hydroxylation is 1. The van der Waals surface area contributed by atoms with E-state index in [4.69, 9.17) is 4.74 Å². The van der Waals surface area contributed by atoms with E-state index in [1.54, 1.807) is 12.1 Å². The van der Waals surface area contributed by atoms with Crippen molar-refractivity contribution < 1.29 is 19.4 Å². The van der Waals surface area contributed by atoms with Gasteiger partial charge < -0.3 is 15.2 Å². The van der Waals surface area contributed by atoms with Gasteiger partial charge in [0.15, 0.2) is 6.04 Å². The van der Waals surface area contributed by atoms with Crippen molar-refractivity contribution in [2.75, 3.05) is 6.61 Å². The molecule has 1 fully saturated rings. The second-order valence-corrected chi connectivity index (χ2v) is 7.05. The summed E-state index contributed by atoms with van der Waals surface area (Å²) in [6.07, 6.45) is 1.53. The number of rotatable bonds is 5. The number of hydrogen-bond donors (Lipinski definition) is 2. The predicted octanol–water partition coefficient (Wildman–Crippen LogP) is 2.98. The molecule has 0 radical (unpaired) electrons. The molecule has 3 atom stereocenters. The number of amides is 1. The summed E-state index contributed by atoms with van der Waals surface area (Å²) in [4.78, 5) is 24.4. The van der Waals surface area contributed by atoms with E-state index in [-0.39, 0.29) is 17.7 Å². The molecule has 2 aromatic rings. The first-order valence-corrected chi connectivity index (χ1v) is 8.89. The molecule has 5 heteroatoms. The van der Waals surface area contributed by atoms with Gasteiger partial charge in [-0.1, -0.05) is 30.3 Å². The first-order chi connectivity index (χ1) is 12.5. The molecule has 4 rings (SSSR count). The van der Waals surface area contributed by atoms with Crippen LogP contribution in [-0.4, -0.2) is 23.6 Å². The second kappa shape index (κ2) is 6.48. The van der Waals surface area contributed by atoms with Gasteiger partial charge in [0.05, 0.1) is 6.61 Å². The Morgan fingerprint density at radius 2 is 2.04 bits per heavy atom. The summed E-state index contributed by atoms with van der Waals surface area (Å²) in [6, 6.07) is 12.3. The van der Waals surface area contributed by atoms with E-state index >= 15 is 0 Å². The number of ether oxygens (including phenoxy) is 1. The van der Waals surface area contributed by atoms with Gasteiger partial charge in [0.25, 0.3) is 0 Å². The molecule has 2 aliphatic rings. The molecular formula is C21H21NO4. The number of fused-ring (bicyclic) bond motifs is 1. The smallest absolute Gasteiger partial charge is 0.330 e. The maximum Gasteiger partial charge on any atom is 0.330 e. The van der Waals surface area contributed by atoms with Crippen LogP contribution in [0.25, 0.3) is 0 Å². The molecule has 134 valence electrons. The fourth-order valence-electron chi connectivity index (χ4n) is 3.75. The lowest BCUT2D eigenvalue weighted by molar-refractivity contribution is -0.142. The van der Waals surface area contributed by atoms with Crippen LogP contribution < -0.4 is 10.1 Å². The number of aliphatic carboxylic acids is 1. The molecule has 1 amide bonds. The number of nitrogens with one attached hydrogen (secondary N) is 1. The zero-order chi connectivity index (χ0) is 18.3. The summed E-state index contributed by atoms with van der Waals surface area (Å²) in [7, 11) is 0. The molecule has 1 saturated carbocycles. The summed E-state index contributed by atoms with van der Waals surface area (Å²) >= 11 is 0. The highest BCUT2D eigenvalue weighted by atomic mass is 16.5. The molecule has 26 heavy (non-hydrogen) atoms. The Morgan fingerprint density at radius 3 is 2.81 bits per heavy atom. The Labute approximate surface area is 152 Å². The zero-order valence-corrected chi connectivity index (χ0v) is 14.6. The van der Waals surface area contributed by atoms with Gasteiger partial charge in [0.2, 0.25) is 5.91 Å². The first-order valence-electron chi connectivity index (χ1n) is 8.89. The predicted molar refractivity (Wildman–Crippen MR) is 96.2 cm³/mol. The largest absolute Gasteiger partial charge is 0.493 e. The molecule has 1 aliphatic carbocycles. The normalized spacial score (nSPS) is 21.4. The van der Waals surface area contributed by atoms with Crippen molar-refractivity contribution in [1.82, 2.24) is 5.32 Å². The Kier molecular flexibility index (Phi) is 4.15. The van der Waals surface area contributed by atoms with E-state index in [2.05, 4.69) is 5.32 Å². The highest BCUT2D eigenvalue weighted by Gasteiger charge is 2.45. The van der Waals surface area contributed by atoms with E-state index < -0.39 is 12.0 Å². The van der Waals surface area contributed by atoms with Crippen molar-refractivity contribution >= 4 is 11.9 Å². The van der Waals surface area contributed by atoms with Gasteiger partial charge in [-0.3, -0.25) is 4.79 Å². The van der Waals surface area contributed by atoms with Crippen molar-refractivity contribution in [1.29, 1.82) is 0 Å². The van der Waals surface area contributed by atoms with Crippen molar-refractivity contribution in [3.05, 3.63) is 64.7 Å². The third-order valence-corrected chi connectivity index (χ3v) is 5.30. The summed E-state index contributed by atoms with van der Waals surface area (Å²) in [6.45, 7) is 2.65. The minimum absolute atomic E-state index is 0.157. The summed E-state index contributed by atoms with van der Waals surface area (Å²) in [5, 5.41) is 12.3. The van der Waals surface area contributed by atoms with Crippen LogP contribution in [0.15, 0.2) is 42.5 Å². The van der Waals surface area contributed by atoms with E-state index in [0.717, 1.165) is 24.2 Å².